The topological polar surface area (TPSA) is 49.4 Å². The van der Waals surface area contributed by atoms with Gasteiger partial charge >= 0.3 is 0 Å². The number of nitrogens with one attached hydrogen (secondary N) is 1. The van der Waals surface area contributed by atoms with Crippen molar-refractivity contribution >= 4 is 23.4 Å². The number of likely N-dealkylation sites (N-methyl/N-ethyl adjacent to an activating group) is 1. The van der Waals surface area contributed by atoms with Crippen molar-refractivity contribution in [1.82, 2.24) is 10.2 Å². The summed E-state index contributed by atoms with van der Waals surface area (Å²) in [6, 6.07) is 8.89. The van der Waals surface area contributed by atoms with Crippen LogP contribution in [0.15, 0.2) is 41.5 Å². The Labute approximate surface area is 142 Å². The molecule has 0 aliphatic heterocycles. The SMILES string of the molecule is CC1=C(C)C[C@@](NC(=O)c2ccccc2)(C(=O)N(C)C)[C@H](Cl)C1. The molecule has 1 N–H and O–H groups in total. The lowest BCUT2D eigenvalue weighted by Crippen LogP contribution is -2.64. The quantitative estimate of drug-likeness (QED) is 0.682. The summed E-state index contributed by atoms with van der Waals surface area (Å²) in [4.78, 5) is 27.0. The number of halogens is 1. The summed E-state index contributed by atoms with van der Waals surface area (Å²) >= 11 is 6.57. The fourth-order valence-electron chi connectivity index (χ4n) is 2.95. The molecule has 0 heterocycles. The summed E-state index contributed by atoms with van der Waals surface area (Å²) in [6.07, 6.45) is 1.02. The molecule has 0 fully saturated rings. The molecule has 2 amide bonds. The summed E-state index contributed by atoms with van der Waals surface area (Å²) in [5.74, 6) is -0.451. The number of carbonyl (C=O) groups is 2. The highest BCUT2D eigenvalue weighted by molar-refractivity contribution is 6.24. The van der Waals surface area contributed by atoms with Crippen LogP contribution in [0.25, 0.3) is 0 Å². The lowest BCUT2D eigenvalue weighted by atomic mass is 9.77. The number of nitrogens with zero attached hydrogens (tertiary/aromatic N) is 1. The highest BCUT2D eigenvalue weighted by Crippen LogP contribution is 2.37. The van der Waals surface area contributed by atoms with E-state index < -0.39 is 10.9 Å². The lowest BCUT2D eigenvalue weighted by molar-refractivity contribution is -0.135. The van der Waals surface area contributed by atoms with Crippen molar-refractivity contribution in [2.45, 2.75) is 37.6 Å². The maximum atomic E-state index is 12.9. The minimum absolute atomic E-state index is 0.173. The number of rotatable bonds is 3. The maximum Gasteiger partial charge on any atom is 0.252 e. The van der Waals surface area contributed by atoms with Gasteiger partial charge in [-0.15, -0.1) is 11.6 Å². The van der Waals surface area contributed by atoms with Crippen LogP contribution >= 0.6 is 11.6 Å². The average molecular weight is 335 g/mol. The number of carbonyl (C=O) groups excluding carboxylic acids is 2. The number of hydrogen-bond acceptors (Lipinski definition) is 2. The van der Waals surface area contributed by atoms with E-state index in [1.165, 1.54) is 10.5 Å². The normalized spacial score (nSPS) is 24.3. The predicted molar refractivity (Wildman–Crippen MR) is 92.6 cm³/mol. The van der Waals surface area contributed by atoms with E-state index in [4.69, 9.17) is 11.6 Å². The molecule has 0 aromatic heterocycles. The second kappa shape index (κ2) is 6.75. The summed E-state index contributed by atoms with van der Waals surface area (Å²) in [5.41, 5.74) is 1.69. The van der Waals surface area contributed by atoms with E-state index in [0.29, 0.717) is 18.4 Å². The fraction of sp³-hybridized carbons (Fsp3) is 0.444. The Morgan fingerprint density at radius 2 is 1.78 bits per heavy atom. The van der Waals surface area contributed by atoms with Crippen molar-refractivity contribution in [1.29, 1.82) is 0 Å². The van der Waals surface area contributed by atoms with Crippen LogP contribution in [0.5, 0.6) is 0 Å². The molecule has 0 saturated heterocycles. The van der Waals surface area contributed by atoms with E-state index in [1.807, 2.05) is 19.9 Å². The minimum atomic E-state index is -1.11. The van der Waals surface area contributed by atoms with Gasteiger partial charge in [0.05, 0.1) is 5.38 Å². The Hall–Kier alpha value is -1.81. The smallest absolute Gasteiger partial charge is 0.252 e. The molecule has 0 spiro atoms. The Bertz CT molecular complexity index is 640. The highest BCUT2D eigenvalue weighted by Gasteiger charge is 2.49. The predicted octanol–water partition coefficient (Wildman–Crippen LogP) is 2.98. The number of amides is 2. The molecule has 0 radical (unpaired) electrons. The molecular formula is C18H23ClN2O2. The third-order valence-corrected chi connectivity index (χ3v) is 4.98. The van der Waals surface area contributed by atoms with Crippen LogP contribution in [0.4, 0.5) is 0 Å². The molecule has 124 valence electrons. The van der Waals surface area contributed by atoms with Crippen LogP contribution in [0, 0.1) is 0 Å². The van der Waals surface area contributed by atoms with Gasteiger partial charge in [0.15, 0.2) is 0 Å². The molecule has 1 aromatic rings. The molecule has 5 heteroatoms. The first-order chi connectivity index (χ1) is 10.8. The molecule has 1 aromatic carbocycles. The van der Waals surface area contributed by atoms with Gasteiger partial charge in [-0.05, 0) is 32.4 Å². The van der Waals surface area contributed by atoms with Crippen LogP contribution in [0.1, 0.15) is 37.0 Å². The third-order valence-electron chi connectivity index (χ3n) is 4.45. The van der Waals surface area contributed by atoms with Crippen LogP contribution in [0.2, 0.25) is 0 Å². The van der Waals surface area contributed by atoms with Crippen LogP contribution in [-0.4, -0.2) is 41.7 Å². The second-order valence-corrected chi connectivity index (χ2v) is 6.93. The number of hydrogen-bond donors (Lipinski definition) is 1. The van der Waals surface area contributed by atoms with Gasteiger partial charge in [0, 0.05) is 26.1 Å². The van der Waals surface area contributed by atoms with Crippen molar-refractivity contribution in [3.63, 3.8) is 0 Å². The first kappa shape index (κ1) is 17.5. The van der Waals surface area contributed by atoms with Crippen LogP contribution in [-0.2, 0) is 4.79 Å². The largest absolute Gasteiger partial charge is 0.347 e. The Morgan fingerprint density at radius 3 is 2.35 bits per heavy atom. The molecule has 23 heavy (non-hydrogen) atoms. The van der Waals surface area contributed by atoms with Gasteiger partial charge in [-0.2, -0.15) is 0 Å². The van der Waals surface area contributed by atoms with Gasteiger partial charge < -0.3 is 10.2 Å². The van der Waals surface area contributed by atoms with Crippen molar-refractivity contribution in [2.75, 3.05) is 14.1 Å². The summed E-state index contributed by atoms with van der Waals surface area (Å²) < 4.78 is 0. The van der Waals surface area contributed by atoms with Gasteiger partial charge in [0.2, 0.25) is 5.91 Å². The molecule has 0 saturated carbocycles. The summed E-state index contributed by atoms with van der Waals surface area (Å²) in [6.45, 7) is 4.01. The molecule has 2 atom stereocenters. The molecule has 2 rings (SSSR count). The molecule has 0 unspecified atom stereocenters. The first-order valence-electron chi connectivity index (χ1n) is 7.66. The minimum Gasteiger partial charge on any atom is -0.347 e. The monoisotopic (exact) mass is 334 g/mol. The lowest BCUT2D eigenvalue weighted by Gasteiger charge is -2.42. The molecule has 0 bridgehead atoms. The van der Waals surface area contributed by atoms with E-state index >= 15 is 0 Å². The van der Waals surface area contributed by atoms with Gasteiger partial charge in [-0.1, -0.05) is 29.3 Å². The van der Waals surface area contributed by atoms with Crippen molar-refractivity contribution in [3.8, 4) is 0 Å². The van der Waals surface area contributed by atoms with Crippen LogP contribution in [0.3, 0.4) is 0 Å². The van der Waals surface area contributed by atoms with Gasteiger partial charge in [-0.3, -0.25) is 9.59 Å². The average Bonchev–Trinajstić information content (AvgIpc) is 2.52. The number of benzene rings is 1. The zero-order valence-electron chi connectivity index (χ0n) is 14.0. The van der Waals surface area contributed by atoms with Crippen molar-refractivity contribution in [2.24, 2.45) is 0 Å². The summed E-state index contributed by atoms with van der Waals surface area (Å²) in [7, 11) is 3.37. The molecule has 1 aliphatic rings. The van der Waals surface area contributed by atoms with E-state index in [1.54, 1.807) is 38.4 Å². The zero-order chi connectivity index (χ0) is 17.2. The first-order valence-corrected chi connectivity index (χ1v) is 8.10. The van der Waals surface area contributed by atoms with Gasteiger partial charge in [-0.25, -0.2) is 0 Å². The second-order valence-electron chi connectivity index (χ2n) is 6.40. The highest BCUT2D eigenvalue weighted by atomic mass is 35.5. The molecule has 1 aliphatic carbocycles. The van der Waals surface area contributed by atoms with Crippen molar-refractivity contribution < 1.29 is 9.59 Å². The van der Waals surface area contributed by atoms with E-state index in [0.717, 1.165) is 5.57 Å². The standard InChI is InChI=1S/C18H23ClN2O2/c1-12-10-15(19)18(11-13(12)2,17(23)21(3)4)20-16(22)14-8-6-5-7-9-14/h5-9,15H,10-11H2,1-4H3,(H,20,22)/t15-,18+/m1/s1. The van der Waals surface area contributed by atoms with E-state index in [9.17, 15) is 9.59 Å². The Kier molecular flexibility index (Phi) is 5.15. The summed E-state index contributed by atoms with van der Waals surface area (Å²) in [5, 5.41) is 2.46. The number of alkyl halides is 1. The fourth-order valence-corrected chi connectivity index (χ4v) is 3.40. The Morgan fingerprint density at radius 1 is 1.17 bits per heavy atom. The van der Waals surface area contributed by atoms with E-state index in [-0.39, 0.29) is 11.8 Å². The maximum absolute atomic E-state index is 12.9. The van der Waals surface area contributed by atoms with Gasteiger partial charge in [0.25, 0.3) is 5.91 Å². The third kappa shape index (κ3) is 3.42. The van der Waals surface area contributed by atoms with Gasteiger partial charge in [0.1, 0.15) is 5.54 Å². The zero-order valence-corrected chi connectivity index (χ0v) is 14.8. The van der Waals surface area contributed by atoms with Crippen LogP contribution < -0.4 is 5.32 Å². The van der Waals surface area contributed by atoms with E-state index in [2.05, 4.69) is 5.32 Å². The van der Waals surface area contributed by atoms with Crippen molar-refractivity contribution in [3.05, 3.63) is 47.0 Å². The molecule has 4 nitrogen and oxygen atoms in total. The number of allylic oxidation sites excluding steroid dienone is 1. The Balaban J connectivity index is 2.40. The molecular weight excluding hydrogens is 312 g/mol.